The Bertz CT molecular complexity index is 2040. The van der Waals surface area contributed by atoms with Crippen molar-refractivity contribution in [3.8, 4) is 17.2 Å². The molecule has 0 fully saturated rings. The van der Waals surface area contributed by atoms with E-state index in [0.717, 1.165) is 5.56 Å². The van der Waals surface area contributed by atoms with Crippen LogP contribution in [0.15, 0.2) is 91.0 Å². The van der Waals surface area contributed by atoms with Gasteiger partial charge in [0.2, 0.25) is 0 Å². The highest BCUT2D eigenvalue weighted by molar-refractivity contribution is 5.91. The molecule has 0 radical (unpaired) electrons. The standard InChI is InChI=1S/C28H27F3N2O5.C21H38N2O8/c29-28(30,31)15-1-16-36-23-11-6-21(7-12-23)27(35)38-24-9-2-19(3-10-24)4-13-26(34)37-17-14-20-5-8-22(32)18-25(20)33;1-24-2-3-25-4-5-26-6-7-27-8-9-28-10-11-29-12-13-30-14-15-31-21-17-19(22)16-20(23)18-21/h2-13,18H,1,14-17,32-33H2;16-18H,2-15,22-23H2,1H3/b13-4+;. The molecule has 0 spiro atoms. The van der Waals surface area contributed by atoms with Gasteiger partial charge in [0.15, 0.2) is 0 Å². The van der Waals surface area contributed by atoms with Crippen LogP contribution < -0.4 is 37.1 Å². The van der Waals surface area contributed by atoms with E-state index in [1.807, 2.05) is 0 Å². The van der Waals surface area contributed by atoms with Crippen LogP contribution in [0.4, 0.5) is 35.9 Å². The number of anilines is 4. The van der Waals surface area contributed by atoms with Crippen LogP contribution in [0.5, 0.6) is 17.2 Å². The quantitative estimate of drug-likeness (QED) is 0.0130. The Kier molecular flexibility index (Phi) is 28.3. The van der Waals surface area contributed by atoms with Gasteiger partial charge >= 0.3 is 18.1 Å². The number of hydrogen-bond acceptors (Lipinski definition) is 17. The first-order valence-corrected chi connectivity index (χ1v) is 22.2. The number of carbonyl (C=O) groups is 2. The number of hydrogen-bond donors (Lipinski definition) is 4. The van der Waals surface area contributed by atoms with Crippen molar-refractivity contribution in [2.75, 3.05) is 136 Å². The molecule has 0 aliphatic heterocycles. The molecule has 0 unspecified atom stereocenters. The molecule has 69 heavy (non-hydrogen) atoms. The lowest BCUT2D eigenvalue weighted by Crippen LogP contribution is -2.15. The third-order valence-corrected chi connectivity index (χ3v) is 8.99. The predicted octanol–water partition coefficient (Wildman–Crippen LogP) is 6.57. The van der Waals surface area contributed by atoms with Gasteiger partial charge < -0.3 is 75.0 Å². The summed E-state index contributed by atoms with van der Waals surface area (Å²) in [7, 11) is 1.64. The van der Waals surface area contributed by atoms with Gasteiger partial charge in [-0.2, -0.15) is 13.2 Å². The number of ether oxygens (including phenoxy) is 11. The van der Waals surface area contributed by atoms with Gasteiger partial charge in [-0.25, -0.2) is 9.59 Å². The van der Waals surface area contributed by atoms with Crippen LogP contribution in [0.2, 0.25) is 0 Å². The Hall–Kier alpha value is -6.13. The minimum Gasteiger partial charge on any atom is -0.494 e. The van der Waals surface area contributed by atoms with Gasteiger partial charge in [-0.15, -0.1) is 0 Å². The summed E-state index contributed by atoms with van der Waals surface area (Å²) in [6.45, 7) is 7.36. The van der Waals surface area contributed by atoms with Crippen LogP contribution in [0, 0.1) is 0 Å². The lowest BCUT2D eigenvalue weighted by atomic mass is 10.1. The van der Waals surface area contributed by atoms with Crippen molar-refractivity contribution in [2.24, 2.45) is 0 Å². The molecule has 8 N–H and O–H groups in total. The lowest BCUT2D eigenvalue weighted by molar-refractivity contribution is -0.138. The Balaban J connectivity index is 0.000000374. The van der Waals surface area contributed by atoms with E-state index in [1.165, 1.54) is 30.3 Å². The van der Waals surface area contributed by atoms with Crippen LogP contribution >= 0.6 is 0 Å². The third-order valence-electron chi connectivity index (χ3n) is 8.99. The van der Waals surface area contributed by atoms with Crippen LogP contribution in [-0.4, -0.2) is 131 Å². The number of carbonyl (C=O) groups excluding carboxylic acids is 2. The van der Waals surface area contributed by atoms with E-state index in [1.54, 1.807) is 73.8 Å². The van der Waals surface area contributed by atoms with Gasteiger partial charge in [0.25, 0.3) is 0 Å². The van der Waals surface area contributed by atoms with Crippen molar-refractivity contribution in [3.05, 3.63) is 108 Å². The van der Waals surface area contributed by atoms with Crippen molar-refractivity contribution in [1.82, 2.24) is 0 Å². The molecular weight excluding hydrogens is 910 g/mol. The third kappa shape index (κ3) is 28.1. The first-order valence-electron chi connectivity index (χ1n) is 22.2. The van der Waals surface area contributed by atoms with E-state index >= 15 is 0 Å². The normalized spacial score (nSPS) is 11.2. The zero-order chi connectivity index (χ0) is 50.0. The molecule has 0 aliphatic rings. The summed E-state index contributed by atoms with van der Waals surface area (Å²) in [4.78, 5) is 24.3. The minimum atomic E-state index is -4.22. The number of alkyl halides is 3. The molecule has 0 aliphatic carbocycles. The van der Waals surface area contributed by atoms with Crippen molar-refractivity contribution in [2.45, 2.75) is 25.4 Å². The summed E-state index contributed by atoms with van der Waals surface area (Å²) in [5, 5.41) is 0. The smallest absolute Gasteiger partial charge is 0.389 e. The number of halogens is 3. The Morgan fingerprint density at radius 1 is 0.536 bits per heavy atom. The molecule has 0 saturated heterocycles. The topological polar surface area (TPSA) is 240 Å². The lowest BCUT2D eigenvalue weighted by Gasteiger charge is -2.09. The molecule has 0 bridgehead atoms. The Labute approximate surface area is 400 Å². The second-order valence-corrected chi connectivity index (χ2v) is 14.6. The number of methoxy groups -OCH3 is 1. The molecule has 0 amide bonds. The van der Waals surface area contributed by atoms with Crippen LogP contribution in [-0.2, 0) is 49.1 Å². The maximum atomic E-state index is 12.4. The molecule has 0 saturated carbocycles. The molecule has 0 heterocycles. The van der Waals surface area contributed by atoms with Crippen molar-refractivity contribution >= 4 is 40.8 Å². The molecule has 4 rings (SSSR count). The zero-order valence-electron chi connectivity index (χ0n) is 38.9. The average Bonchev–Trinajstić information content (AvgIpc) is 3.31. The predicted molar refractivity (Wildman–Crippen MR) is 255 cm³/mol. The first kappa shape index (κ1) is 57.2. The van der Waals surface area contributed by atoms with Gasteiger partial charge in [0, 0.05) is 60.9 Å². The summed E-state index contributed by atoms with van der Waals surface area (Å²) in [6.07, 6.45) is -1.97. The number of nitrogen functional groups attached to an aromatic ring is 4. The molecule has 4 aromatic rings. The van der Waals surface area contributed by atoms with Crippen LogP contribution in [0.25, 0.3) is 6.08 Å². The van der Waals surface area contributed by atoms with Crippen molar-refractivity contribution in [3.63, 3.8) is 0 Å². The second kappa shape index (κ2) is 34.2. The summed E-state index contributed by atoms with van der Waals surface area (Å²) >= 11 is 0. The average molecular weight is 975 g/mol. The number of esters is 2. The molecule has 4 aromatic carbocycles. The maximum absolute atomic E-state index is 12.4. The SMILES string of the molecule is COCCOCCOCCOCCOCCOCCOCCOc1cc(N)cc(N)c1.Nc1ccc(CCOC(=O)/C=C/c2ccc(OC(=O)c3ccc(OCCCC(F)(F)F)cc3)cc2)c(N)c1. The van der Waals surface area contributed by atoms with Gasteiger partial charge in [-0.05, 0) is 78.2 Å². The molecule has 0 atom stereocenters. The molecular formula is C49H65F3N4O13. The summed E-state index contributed by atoms with van der Waals surface area (Å²) in [5.41, 5.74) is 27.0. The summed E-state index contributed by atoms with van der Waals surface area (Å²) < 4.78 is 95.1. The van der Waals surface area contributed by atoms with E-state index in [2.05, 4.69) is 0 Å². The largest absolute Gasteiger partial charge is 0.494 e. The second-order valence-electron chi connectivity index (χ2n) is 14.6. The van der Waals surface area contributed by atoms with E-state index in [9.17, 15) is 22.8 Å². The van der Waals surface area contributed by atoms with E-state index in [-0.39, 0.29) is 25.2 Å². The van der Waals surface area contributed by atoms with Gasteiger partial charge in [0.1, 0.15) is 23.9 Å². The highest BCUT2D eigenvalue weighted by atomic mass is 19.4. The Morgan fingerprint density at radius 2 is 1.04 bits per heavy atom. The van der Waals surface area contributed by atoms with E-state index < -0.39 is 24.5 Å². The minimum absolute atomic E-state index is 0.0828. The Morgan fingerprint density at radius 3 is 1.57 bits per heavy atom. The maximum Gasteiger partial charge on any atom is 0.389 e. The number of benzene rings is 4. The van der Waals surface area contributed by atoms with Crippen molar-refractivity contribution < 1.29 is 74.9 Å². The monoisotopic (exact) mass is 974 g/mol. The molecule has 0 aromatic heterocycles. The molecule has 17 nitrogen and oxygen atoms in total. The summed E-state index contributed by atoms with van der Waals surface area (Å²) in [6, 6.07) is 22.7. The van der Waals surface area contributed by atoms with Crippen molar-refractivity contribution in [1.29, 1.82) is 0 Å². The molecule has 20 heteroatoms. The van der Waals surface area contributed by atoms with Gasteiger partial charge in [-0.3, -0.25) is 0 Å². The number of nitrogens with two attached hydrogens (primary N) is 4. The van der Waals surface area contributed by atoms with Crippen LogP contribution in [0.3, 0.4) is 0 Å². The summed E-state index contributed by atoms with van der Waals surface area (Å²) in [5.74, 6) is 0.162. The fourth-order valence-electron chi connectivity index (χ4n) is 5.57. The van der Waals surface area contributed by atoms with E-state index in [0.29, 0.717) is 144 Å². The molecule has 380 valence electrons. The number of rotatable bonds is 33. The van der Waals surface area contributed by atoms with Gasteiger partial charge in [0.05, 0.1) is 105 Å². The van der Waals surface area contributed by atoms with Gasteiger partial charge in [-0.1, -0.05) is 18.2 Å². The zero-order valence-corrected chi connectivity index (χ0v) is 38.9. The first-order chi connectivity index (χ1) is 33.3. The fraction of sp³-hybridized carbons (Fsp3) is 0.429. The van der Waals surface area contributed by atoms with E-state index in [4.69, 9.17) is 75.0 Å². The highest BCUT2D eigenvalue weighted by Gasteiger charge is 2.26. The fourth-order valence-corrected chi connectivity index (χ4v) is 5.57. The highest BCUT2D eigenvalue weighted by Crippen LogP contribution is 2.23. The van der Waals surface area contributed by atoms with Crippen LogP contribution in [0.1, 0.15) is 34.3 Å².